The molecule has 116 valence electrons. The van der Waals surface area contributed by atoms with Gasteiger partial charge in [-0.25, -0.2) is 12.7 Å². The number of sulfonamides is 1. The van der Waals surface area contributed by atoms with E-state index in [4.69, 9.17) is 4.74 Å². The summed E-state index contributed by atoms with van der Waals surface area (Å²) in [6.07, 6.45) is 6.28. The molecule has 1 spiro atoms. The molecule has 0 radical (unpaired) electrons. The summed E-state index contributed by atoms with van der Waals surface area (Å²) in [6, 6.07) is 0. The molecule has 3 aliphatic rings. The van der Waals surface area contributed by atoms with E-state index >= 15 is 0 Å². The summed E-state index contributed by atoms with van der Waals surface area (Å²) in [4.78, 5) is 0. The van der Waals surface area contributed by atoms with Crippen LogP contribution in [-0.4, -0.2) is 57.4 Å². The van der Waals surface area contributed by atoms with Gasteiger partial charge in [0.1, 0.15) is 0 Å². The van der Waals surface area contributed by atoms with Crippen molar-refractivity contribution in [1.82, 2.24) is 9.62 Å². The molecule has 3 aliphatic heterocycles. The largest absolute Gasteiger partial charge is 0.377 e. The monoisotopic (exact) mass is 302 g/mol. The van der Waals surface area contributed by atoms with Crippen molar-refractivity contribution in [3.8, 4) is 0 Å². The highest BCUT2D eigenvalue weighted by Crippen LogP contribution is 2.37. The lowest BCUT2D eigenvalue weighted by Gasteiger charge is -2.45. The fraction of sp³-hybridized carbons (Fsp3) is 1.00. The van der Waals surface area contributed by atoms with Crippen LogP contribution in [-0.2, 0) is 14.8 Å². The second-order valence-corrected chi connectivity index (χ2v) is 8.64. The van der Waals surface area contributed by atoms with Crippen LogP contribution >= 0.6 is 0 Å². The highest BCUT2D eigenvalue weighted by Gasteiger charge is 2.41. The lowest BCUT2D eigenvalue weighted by Crippen LogP contribution is -2.53. The molecule has 2 atom stereocenters. The maximum absolute atomic E-state index is 12.6. The third-order valence-electron chi connectivity index (χ3n) is 5.00. The number of hydrogen-bond donors (Lipinski definition) is 1. The minimum absolute atomic E-state index is 0.0812. The van der Waals surface area contributed by atoms with Gasteiger partial charge in [-0.2, -0.15) is 0 Å². The molecular formula is C14H26N2O3S. The smallest absolute Gasteiger partial charge is 0.216 e. The molecule has 0 bridgehead atoms. The van der Waals surface area contributed by atoms with Crippen molar-refractivity contribution in [3.63, 3.8) is 0 Å². The standard InChI is InChI=1S/C14H26N2O3S/c17-20(18,10-13-4-1-9-19-13)16-8-3-6-14(12-16)5-2-7-15-11-14/h13,15H,1-12H2. The summed E-state index contributed by atoms with van der Waals surface area (Å²) in [7, 11) is -3.16. The Morgan fingerprint density at radius 3 is 2.80 bits per heavy atom. The van der Waals surface area contributed by atoms with Gasteiger partial charge in [-0.3, -0.25) is 0 Å². The minimum atomic E-state index is -3.16. The van der Waals surface area contributed by atoms with Gasteiger partial charge in [0.2, 0.25) is 10.0 Å². The fourth-order valence-corrected chi connectivity index (χ4v) is 5.72. The number of nitrogens with one attached hydrogen (secondary N) is 1. The number of rotatable bonds is 3. The second-order valence-electron chi connectivity index (χ2n) is 6.63. The van der Waals surface area contributed by atoms with Gasteiger partial charge in [0.25, 0.3) is 0 Å². The predicted octanol–water partition coefficient (Wildman–Crippen LogP) is 0.961. The van der Waals surface area contributed by atoms with Crippen LogP contribution in [0.1, 0.15) is 38.5 Å². The minimum Gasteiger partial charge on any atom is -0.377 e. The molecule has 3 heterocycles. The van der Waals surface area contributed by atoms with Gasteiger partial charge in [-0.05, 0) is 50.5 Å². The molecule has 3 rings (SSSR count). The van der Waals surface area contributed by atoms with Gasteiger partial charge >= 0.3 is 0 Å². The van der Waals surface area contributed by atoms with E-state index in [1.54, 1.807) is 4.31 Å². The molecule has 0 aromatic heterocycles. The molecule has 0 saturated carbocycles. The Kier molecular flexibility index (Phi) is 4.36. The van der Waals surface area contributed by atoms with Crippen molar-refractivity contribution in [2.24, 2.45) is 5.41 Å². The first kappa shape index (κ1) is 14.8. The number of nitrogens with zero attached hydrogens (tertiary/aromatic N) is 1. The third-order valence-corrected chi connectivity index (χ3v) is 6.89. The zero-order valence-corrected chi connectivity index (χ0v) is 13.0. The Morgan fingerprint density at radius 1 is 1.25 bits per heavy atom. The van der Waals surface area contributed by atoms with Crippen LogP contribution in [0.2, 0.25) is 0 Å². The lowest BCUT2D eigenvalue weighted by molar-refractivity contribution is 0.105. The molecule has 2 unspecified atom stereocenters. The maximum Gasteiger partial charge on any atom is 0.216 e. The quantitative estimate of drug-likeness (QED) is 0.844. The first-order valence-electron chi connectivity index (χ1n) is 7.90. The zero-order chi connectivity index (χ0) is 14.1. The van der Waals surface area contributed by atoms with E-state index < -0.39 is 10.0 Å². The average Bonchev–Trinajstić information content (AvgIpc) is 2.92. The zero-order valence-electron chi connectivity index (χ0n) is 12.1. The van der Waals surface area contributed by atoms with Crippen LogP contribution in [0.25, 0.3) is 0 Å². The molecule has 3 saturated heterocycles. The van der Waals surface area contributed by atoms with Crippen molar-refractivity contribution in [2.75, 3.05) is 38.5 Å². The van der Waals surface area contributed by atoms with E-state index in [1.807, 2.05) is 0 Å². The second kappa shape index (κ2) is 5.91. The van der Waals surface area contributed by atoms with Crippen molar-refractivity contribution in [3.05, 3.63) is 0 Å². The van der Waals surface area contributed by atoms with Crippen molar-refractivity contribution in [2.45, 2.75) is 44.6 Å². The molecule has 20 heavy (non-hydrogen) atoms. The van der Waals surface area contributed by atoms with Gasteiger partial charge in [0.05, 0.1) is 11.9 Å². The van der Waals surface area contributed by atoms with E-state index in [0.717, 1.165) is 45.2 Å². The lowest BCUT2D eigenvalue weighted by atomic mass is 9.75. The Morgan fingerprint density at radius 2 is 2.10 bits per heavy atom. The molecule has 0 aromatic carbocycles. The SMILES string of the molecule is O=S(=O)(CC1CCCO1)N1CCCC2(CCCNC2)C1. The number of hydrogen-bond acceptors (Lipinski definition) is 4. The normalized spacial score (nSPS) is 36.5. The van der Waals surface area contributed by atoms with E-state index in [9.17, 15) is 8.42 Å². The van der Waals surface area contributed by atoms with Crippen molar-refractivity contribution < 1.29 is 13.2 Å². The highest BCUT2D eigenvalue weighted by molar-refractivity contribution is 7.89. The Balaban J connectivity index is 1.65. The first-order valence-corrected chi connectivity index (χ1v) is 9.51. The maximum atomic E-state index is 12.6. The molecule has 3 fully saturated rings. The van der Waals surface area contributed by atoms with Gasteiger partial charge in [0, 0.05) is 26.2 Å². The van der Waals surface area contributed by atoms with Crippen LogP contribution in [0, 0.1) is 5.41 Å². The van der Waals surface area contributed by atoms with Crippen LogP contribution in [0.15, 0.2) is 0 Å². The van der Waals surface area contributed by atoms with Gasteiger partial charge in [-0.1, -0.05) is 0 Å². The first-order chi connectivity index (χ1) is 9.60. The van der Waals surface area contributed by atoms with Crippen LogP contribution in [0.5, 0.6) is 0 Å². The molecule has 0 aliphatic carbocycles. The Bertz CT molecular complexity index is 420. The van der Waals surface area contributed by atoms with E-state index in [-0.39, 0.29) is 17.3 Å². The van der Waals surface area contributed by atoms with Crippen molar-refractivity contribution >= 4 is 10.0 Å². The topological polar surface area (TPSA) is 58.6 Å². The number of piperidine rings is 2. The third kappa shape index (κ3) is 3.18. The summed E-state index contributed by atoms with van der Waals surface area (Å²) < 4.78 is 32.4. The molecule has 1 N–H and O–H groups in total. The molecule has 6 heteroatoms. The average molecular weight is 302 g/mol. The molecule has 5 nitrogen and oxygen atoms in total. The highest BCUT2D eigenvalue weighted by atomic mass is 32.2. The Labute approximate surface area is 122 Å². The van der Waals surface area contributed by atoms with Gasteiger partial charge in [0.15, 0.2) is 0 Å². The van der Waals surface area contributed by atoms with Crippen LogP contribution < -0.4 is 5.32 Å². The van der Waals surface area contributed by atoms with Crippen molar-refractivity contribution in [1.29, 1.82) is 0 Å². The van der Waals surface area contributed by atoms with E-state index in [0.29, 0.717) is 19.7 Å². The predicted molar refractivity (Wildman–Crippen MR) is 78.1 cm³/mol. The van der Waals surface area contributed by atoms with E-state index in [2.05, 4.69) is 5.32 Å². The van der Waals surface area contributed by atoms with Gasteiger partial charge < -0.3 is 10.1 Å². The molecular weight excluding hydrogens is 276 g/mol. The van der Waals surface area contributed by atoms with Crippen LogP contribution in [0.4, 0.5) is 0 Å². The summed E-state index contributed by atoms with van der Waals surface area (Å²) in [5.41, 5.74) is 0.181. The summed E-state index contributed by atoms with van der Waals surface area (Å²) in [5.74, 6) is 0.177. The number of ether oxygens (including phenoxy) is 1. The summed E-state index contributed by atoms with van der Waals surface area (Å²) >= 11 is 0. The Hall–Kier alpha value is -0.170. The van der Waals surface area contributed by atoms with Gasteiger partial charge in [-0.15, -0.1) is 0 Å². The fourth-order valence-electron chi connectivity index (χ4n) is 3.89. The van der Waals surface area contributed by atoms with E-state index in [1.165, 1.54) is 6.42 Å². The summed E-state index contributed by atoms with van der Waals surface area (Å²) in [6.45, 7) is 4.16. The summed E-state index contributed by atoms with van der Waals surface area (Å²) in [5, 5.41) is 3.44. The van der Waals surface area contributed by atoms with Crippen LogP contribution in [0.3, 0.4) is 0 Å². The molecule has 0 amide bonds. The molecule has 0 aromatic rings.